The second kappa shape index (κ2) is 8.10. The van der Waals surface area contributed by atoms with Gasteiger partial charge in [0, 0.05) is 49.8 Å². The van der Waals surface area contributed by atoms with Gasteiger partial charge in [0.25, 0.3) is 0 Å². The van der Waals surface area contributed by atoms with Crippen molar-refractivity contribution in [2.24, 2.45) is 5.73 Å². The van der Waals surface area contributed by atoms with Crippen LogP contribution >= 0.6 is 15.9 Å². The predicted octanol–water partition coefficient (Wildman–Crippen LogP) is 1.45. The fraction of sp³-hybridized carbons (Fsp3) is 0.600. The third-order valence-electron chi connectivity index (χ3n) is 3.91. The maximum Gasteiger partial charge on any atom is 0.0558 e. The lowest BCUT2D eigenvalue weighted by Crippen LogP contribution is -2.47. The minimum absolute atomic E-state index is 0.1000. The van der Waals surface area contributed by atoms with Gasteiger partial charge >= 0.3 is 0 Å². The molecule has 0 amide bonds. The largest absolute Gasteiger partial charge is 0.395 e. The van der Waals surface area contributed by atoms with Crippen molar-refractivity contribution in [3.8, 4) is 0 Å². The molecule has 1 aliphatic heterocycles. The summed E-state index contributed by atoms with van der Waals surface area (Å²) < 4.78 is 1.09. The fourth-order valence-corrected chi connectivity index (χ4v) is 3.02. The van der Waals surface area contributed by atoms with Gasteiger partial charge in [-0.1, -0.05) is 28.1 Å². The molecule has 1 aromatic carbocycles. The summed E-state index contributed by atoms with van der Waals surface area (Å²) >= 11 is 3.49. The Morgan fingerprint density at radius 1 is 1.15 bits per heavy atom. The molecular formula is C15H24BrN3O. The van der Waals surface area contributed by atoms with Gasteiger partial charge in [-0.3, -0.25) is 4.90 Å². The van der Waals surface area contributed by atoms with Crippen LogP contribution in [0.25, 0.3) is 0 Å². The summed E-state index contributed by atoms with van der Waals surface area (Å²) in [6, 6.07) is 8.35. The van der Waals surface area contributed by atoms with E-state index < -0.39 is 0 Å². The fourth-order valence-electron chi connectivity index (χ4n) is 2.60. The Balaban J connectivity index is 1.73. The molecule has 5 heteroatoms. The number of hydrogen-bond acceptors (Lipinski definition) is 4. The van der Waals surface area contributed by atoms with Gasteiger partial charge in [-0.15, -0.1) is 0 Å². The molecule has 1 unspecified atom stereocenters. The number of aliphatic hydroxyl groups is 1. The molecule has 1 heterocycles. The first-order chi connectivity index (χ1) is 9.69. The van der Waals surface area contributed by atoms with Gasteiger partial charge in [0.1, 0.15) is 0 Å². The maximum absolute atomic E-state index is 8.93. The second-order valence-electron chi connectivity index (χ2n) is 5.36. The molecule has 4 nitrogen and oxygen atoms in total. The summed E-state index contributed by atoms with van der Waals surface area (Å²) in [7, 11) is 0. The minimum Gasteiger partial charge on any atom is -0.395 e. The summed E-state index contributed by atoms with van der Waals surface area (Å²) in [5.74, 6) is 0. The SMILES string of the molecule is NC(CCN1CCN(CCO)CC1)c1cccc(Br)c1. The first kappa shape index (κ1) is 15.9. The van der Waals surface area contributed by atoms with Crippen molar-refractivity contribution in [2.75, 3.05) is 45.9 Å². The van der Waals surface area contributed by atoms with Crippen LogP contribution in [0.3, 0.4) is 0 Å². The Kier molecular flexibility index (Phi) is 6.45. The highest BCUT2D eigenvalue weighted by Crippen LogP contribution is 2.19. The maximum atomic E-state index is 8.93. The van der Waals surface area contributed by atoms with Crippen LogP contribution < -0.4 is 5.73 Å². The van der Waals surface area contributed by atoms with Crippen molar-refractivity contribution >= 4 is 15.9 Å². The second-order valence-corrected chi connectivity index (χ2v) is 6.27. The molecule has 0 bridgehead atoms. The van der Waals surface area contributed by atoms with Crippen LogP contribution in [0.15, 0.2) is 28.7 Å². The summed E-state index contributed by atoms with van der Waals surface area (Å²) in [6.45, 7) is 6.34. The van der Waals surface area contributed by atoms with Gasteiger partial charge in [-0.05, 0) is 24.1 Å². The van der Waals surface area contributed by atoms with E-state index in [4.69, 9.17) is 10.8 Å². The van der Waals surface area contributed by atoms with Crippen LogP contribution in [0.4, 0.5) is 0 Å². The van der Waals surface area contributed by atoms with Gasteiger partial charge in [-0.25, -0.2) is 0 Å². The smallest absolute Gasteiger partial charge is 0.0558 e. The van der Waals surface area contributed by atoms with Crippen LogP contribution in [0.5, 0.6) is 0 Å². The minimum atomic E-state index is 0.1000. The molecule has 0 aliphatic carbocycles. The molecule has 20 heavy (non-hydrogen) atoms. The van der Waals surface area contributed by atoms with Gasteiger partial charge in [0.05, 0.1) is 6.61 Å². The van der Waals surface area contributed by atoms with Crippen molar-refractivity contribution in [3.63, 3.8) is 0 Å². The van der Waals surface area contributed by atoms with Crippen molar-refractivity contribution in [2.45, 2.75) is 12.5 Å². The normalized spacial score (nSPS) is 19.1. The monoisotopic (exact) mass is 341 g/mol. The van der Waals surface area contributed by atoms with E-state index in [0.29, 0.717) is 0 Å². The van der Waals surface area contributed by atoms with E-state index in [9.17, 15) is 0 Å². The van der Waals surface area contributed by atoms with Crippen LogP contribution in [0.1, 0.15) is 18.0 Å². The number of β-amino-alcohol motifs (C(OH)–C–C–N with tert-alkyl or cyclic N) is 1. The van der Waals surface area contributed by atoms with Gasteiger partial charge < -0.3 is 15.7 Å². The highest BCUT2D eigenvalue weighted by molar-refractivity contribution is 9.10. The van der Waals surface area contributed by atoms with Crippen molar-refractivity contribution in [1.82, 2.24) is 9.80 Å². The Hall–Kier alpha value is -0.460. The Bertz CT molecular complexity index is 408. The summed E-state index contributed by atoms with van der Waals surface area (Å²) in [6.07, 6.45) is 0.983. The van der Waals surface area contributed by atoms with Crippen molar-refractivity contribution < 1.29 is 5.11 Å². The molecule has 112 valence electrons. The number of benzene rings is 1. The molecule has 0 aromatic heterocycles. The zero-order chi connectivity index (χ0) is 14.4. The lowest BCUT2D eigenvalue weighted by molar-refractivity contribution is 0.110. The predicted molar refractivity (Wildman–Crippen MR) is 85.7 cm³/mol. The zero-order valence-electron chi connectivity index (χ0n) is 11.8. The van der Waals surface area contributed by atoms with Crippen LogP contribution in [-0.2, 0) is 0 Å². The summed E-state index contributed by atoms with van der Waals surface area (Å²) in [5, 5.41) is 8.93. The van der Waals surface area contributed by atoms with E-state index in [0.717, 1.165) is 50.2 Å². The number of nitrogens with zero attached hydrogens (tertiary/aromatic N) is 2. The van der Waals surface area contributed by atoms with E-state index in [2.05, 4.69) is 37.9 Å². The quantitative estimate of drug-likeness (QED) is 0.822. The molecule has 0 saturated carbocycles. The average Bonchev–Trinajstić information content (AvgIpc) is 2.46. The van der Waals surface area contributed by atoms with Crippen molar-refractivity contribution in [3.05, 3.63) is 34.3 Å². The highest BCUT2D eigenvalue weighted by Gasteiger charge is 2.17. The lowest BCUT2D eigenvalue weighted by Gasteiger charge is -2.34. The molecule has 1 fully saturated rings. The van der Waals surface area contributed by atoms with Crippen LogP contribution in [-0.4, -0.2) is 60.8 Å². The van der Waals surface area contributed by atoms with Crippen LogP contribution in [0, 0.1) is 0 Å². The molecule has 1 atom stereocenters. The number of piperazine rings is 1. The first-order valence-electron chi connectivity index (χ1n) is 7.25. The van der Waals surface area contributed by atoms with E-state index in [1.165, 1.54) is 5.56 Å². The number of halogens is 1. The Morgan fingerprint density at radius 2 is 1.80 bits per heavy atom. The van der Waals surface area contributed by atoms with Crippen molar-refractivity contribution in [1.29, 1.82) is 0 Å². The number of rotatable bonds is 6. The Morgan fingerprint density at radius 3 is 2.40 bits per heavy atom. The third-order valence-corrected chi connectivity index (χ3v) is 4.41. The van der Waals surface area contributed by atoms with E-state index in [1.807, 2.05) is 12.1 Å². The average molecular weight is 342 g/mol. The van der Waals surface area contributed by atoms with E-state index in [-0.39, 0.29) is 12.6 Å². The summed E-state index contributed by atoms with van der Waals surface area (Å²) in [5.41, 5.74) is 7.46. The molecular weight excluding hydrogens is 318 g/mol. The summed E-state index contributed by atoms with van der Waals surface area (Å²) in [4.78, 5) is 4.77. The molecule has 0 spiro atoms. The van der Waals surface area contributed by atoms with Gasteiger partial charge in [0.2, 0.25) is 0 Å². The van der Waals surface area contributed by atoms with Crippen LogP contribution in [0.2, 0.25) is 0 Å². The number of nitrogens with two attached hydrogens (primary N) is 1. The number of hydrogen-bond donors (Lipinski definition) is 2. The van der Waals surface area contributed by atoms with E-state index >= 15 is 0 Å². The molecule has 0 radical (unpaired) electrons. The van der Waals surface area contributed by atoms with Gasteiger partial charge in [0.15, 0.2) is 0 Å². The molecule has 1 aliphatic rings. The highest BCUT2D eigenvalue weighted by atomic mass is 79.9. The topological polar surface area (TPSA) is 52.7 Å². The molecule has 1 aromatic rings. The molecule has 2 rings (SSSR count). The zero-order valence-corrected chi connectivity index (χ0v) is 13.4. The standard InChI is InChI=1S/C15H24BrN3O/c16-14-3-1-2-13(12-14)15(17)4-5-18-6-8-19(9-7-18)10-11-20/h1-3,12,15,20H,4-11,17H2. The lowest BCUT2D eigenvalue weighted by atomic mass is 10.0. The molecule has 3 N–H and O–H groups in total. The molecule has 1 saturated heterocycles. The van der Waals surface area contributed by atoms with E-state index in [1.54, 1.807) is 0 Å². The Labute approximate surface area is 129 Å². The third kappa shape index (κ3) is 4.82. The van der Waals surface area contributed by atoms with Gasteiger partial charge in [-0.2, -0.15) is 0 Å². The number of aliphatic hydroxyl groups excluding tert-OH is 1. The first-order valence-corrected chi connectivity index (χ1v) is 8.05.